The second kappa shape index (κ2) is 3.76. The summed E-state index contributed by atoms with van der Waals surface area (Å²) >= 11 is 3.40. The van der Waals surface area contributed by atoms with Gasteiger partial charge in [-0.3, -0.25) is 8.92 Å². The Morgan fingerprint density at radius 2 is 2.60 bits per heavy atom. The normalized spacial score (nSPS) is 17.3. The molecule has 0 unspecified atom stereocenters. The predicted octanol–water partition coefficient (Wildman–Crippen LogP) is 1.98. The molecule has 56 valence electrons. The molecule has 0 fully saturated rings. The maximum atomic E-state index is 4.30. The number of nitrogens with zero attached hydrogens (tertiary/aromatic N) is 2. The van der Waals surface area contributed by atoms with Gasteiger partial charge in [0.1, 0.15) is 5.84 Å². The van der Waals surface area contributed by atoms with Crippen LogP contribution in [-0.2, 0) is 0 Å². The Labute approximate surface area is 70.0 Å². The van der Waals surface area contributed by atoms with Gasteiger partial charge in [0.25, 0.3) is 0 Å². The summed E-state index contributed by atoms with van der Waals surface area (Å²) in [4.78, 5) is 4.30. The zero-order chi connectivity index (χ0) is 7.40. The van der Waals surface area contributed by atoms with Crippen molar-refractivity contribution in [1.29, 1.82) is 0 Å². The molecule has 0 radical (unpaired) electrons. The minimum absolute atomic E-state index is 0.928. The molecule has 0 aromatic carbocycles. The van der Waals surface area contributed by atoms with Crippen molar-refractivity contribution in [3.05, 3.63) is 12.7 Å². The van der Waals surface area contributed by atoms with Gasteiger partial charge in [-0.25, -0.2) is 0 Å². The van der Waals surface area contributed by atoms with E-state index in [1.54, 1.807) is 0 Å². The first-order valence-electron chi connectivity index (χ1n) is 3.42. The van der Waals surface area contributed by atoms with Gasteiger partial charge in [0.05, 0.1) is 29.2 Å². The maximum Gasteiger partial charge on any atom is 0.109 e. The Bertz CT molecular complexity index is 154. The smallest absolute Gasteiger partial charge is 0.109 e. The SMILES string of the molecule is C=CCCC1=NCCN1Br. The number of hydrogen-bond donors (Lipinski definition) is 0. The molecule has 0 bridgehead atoms. The van der Waals surface area contributed by atoms with Crippen LogP contribution < -0.4 is 0 Å². The monoisotopic (exact) mass is 202 g/mol. The molecule has 0 aromatic rings. The minimum Gasteiger partial charge on any atom is -0.295 e. The lowest BCUT2D eigenvalue weighted by atomic mass is 10.3. The molecular formula is C7H11BrN2. The van der Waals surface area contributed by atoms with E-state index >= 15 is 0 Å². The zero-order valence-electron chi connectivity index (χ0n) is 5.89. The second-order valence-electron chi connectivity index (χ2n) is 2.21. The highest BCUT2D eigenvalue weighted by Crippen LogP contribution is 2.10. The quantitative estimate of drug-likeness (QED) is 0.505. The van der Waals surface area contributed by atoms with E-state index in [4.69, 9.17) is 0 Å². The van der Waals surface area contributed by atoms with Crippen LogP contribution in [0.25, 0.3) is 0 Å². The van der Waals surface area contributed by atoms with Gasteiger partial charge in [-0.05, 0) is 6.42 Å². The summed E-state index contributed by atoms with van der Waals surface area (Å²) < 4.78 is 2.02. The largest absolute Gasteiger partial charge is 0.295 e. The van der Waals surface area contributed by atoms with E-state index in [1.165, 1.54) is 0 Å². The lowest BCUT2D eigenvalue weighted by Crippen LogP contribution is -2.15. The number of amidine groups is 1. The van der Waals surface area contributed by atoms with Crippen molar-refractivity contribution in [2.75, 3.05) is 13.1 Å². The van der Waals surface area contributed by atoms with Crippen LogP contribution in [0.4, 0.5) is 0 Å². The topological polar surface area (TPSA) is 15.6 Å². The third-order valence-corrected chi connectivity index (χ3v) is 2.21. The average Bonchev–Trinajstić information content (AvgIpc) is 2.31. The van der Waals surface area contributed by atoms with Gasteiger partial charge >= 0.3 is 0 Å². The molecule has 1 aliphatic heterocycles. The van der Waals surface area contributed by atoms with Crippen molar-refractivity contribution < 1.29 is 0 Å². The number of allylic oxidation sites excluding steroid dienone is 1. The molecule has 3 heteroatoms. The van der Waals surface area contributed by atoms with Gasteiger partial charge < -0.3 is 0 Å². The summed E-state index contributed by atoms with van der Waals surface area (Å²) in [6, 6.07) is 0. The summed E-state index contributed by atoms with van der Waals surface area (Å²) in [5, 5.41) is 0. The van der Waals surface area contributed by atoms with E-state index in [2.05, 4.69) is 27.7 Å². The fourth-order valence-corrected chi connectivity index (χ4v) is 1.35. The van der Waals surface area contributed by atoms with E-state index in [0.717, 1.165) is 31.8 Å². The number of rotatable bonds is 3. The summed E-state index contributed by atoms with van der Waals surface area (Å²) in [5.74, 6) is 1.15. The van der Waals surface area contributed by atoms with Crippen LogP contribution >= 0.6 is 16.1 Å². The lowest BCUT2D eigenvalue weighted by Gasteiger charge is -2.08. The minimum atomic E-state index is 0.928. The zero-order valence-corrected chi connectivity index (χ0v) is 7.47. The van der Waals surface area contributed by atoms with Crippen molar-refractivity contribution in [1.82, 2.24) is 3.93 Å². The summed E-state index contributed by atoms with van der Waals surface area (Å²) in [6.45, 7) is 5.59. The molecule has 0 atom stereocenters. The Kier molecular flexibility index (Phi) is 2.93. The number of hydrogen-bond acceptors (Lipinski definition) is 2. The Hall–Kier alpha value is -0.310. The van der Waals surface area contributed by atoms with Gasteiger partial charge in [-0.1, -0.05) is 6.08 Å². The maximum absolute atomic E-state index is 4.30. The van der Waals surface area contributed by atoms with E-state index in [9.17, 15) is 0 Å². The van der Waals surface area contributed by atoms with Crippen LogP contribution in [-0.4, -0.2) is 22.9 Å². The van der Waals surface area contributed by atoms with Gasteiger partial charge in [0.15, 0.2) is 0 Å². The highest BCUT2D eigenvalue weighted by Gasteiger charge is 2.11. The van der Waals surface area contributed by atoms with Gasteiger partial charge in [-0.2, -0.15) is 0 Å². The fraction of sp³-hybridized carbons (Fsp3) is 0.571. The molecular weight excluding hydrogens is 192 g/mol. The summed E-state index contributed by atoms with van der Waals surface area (Å²) in [5.41, 5.74) is 0. The molecule has 0 amide bonds. The first kappa shape index (κ1) is 7.79. The van der Waals surface area contributed by atoms with Crippen molar-refractivity contribution in [3.8, 4) is 0 Å². The third-order valence-electron chi connectivity index (χ3n) is 1.44. The molecule has 10 heavy (non-hydrogen) atoms. The number of halogens is 1. The van der Waals surface area contributed by atoms with Gasteiger partial charge in [-0.15, -0.1) is 6.58 Å². The molecule has 0 N–H and O–H groups in total. The molecule has 0 aliphatic carbocycles. The number of aliphatic imine (C=N–C) groups is 1. The molecule has 1 aliphatic rings. The lowest BCUT2D eigenvalue weighted by molar-refractivity contribution is 0.741. The Morgan fingerprint density at radius 1 is 1.80 bits per heavy atom. The second-order valence-corrected chi connectivity index (χ2v) is 3.07. The highest BCUT2D eigenvalue weighted by atomic mass is 79.9. The first-order chi connectivity index (χ1) is 4.84. The summed E-state index contributed by atoms with van der Waals surface area (Å²) in [7, 11) is 0. The molecule has 0 saturated carbocycles. The molecule has 0 spiro atoms. The molecule has 2 nitrogen and oxygen atoms in total. The van der Waals surface area contributed by atoms with E-state index in [0.29, 0.717) is 0 Å². The van der Waals surface area contributed by atoms with Gasteiger partial charge in [0, 0.05) is 6.42 Å². The highest BCUT2D eigenvalue weighted by molar-refractivity contribution is 9.07. The molecule has 0 saturated heterocycles. The fourth-order valence-electron chi connectivity index (χ4n) is 0.904. The standard InChI is InChI=1S/C7H11BrN2/c1-2-3-4-7-9-5-6-10(7)8/h2H,1,3-6H2. The third kappa shape index (κ3) is 1.84. The van der Waals surface area contributed by atoms with Crippen LogP contribution in [0.5, 0.6) is 0 Å². The molecule has 1 rings (SSSR count). The van der Waals surface area contributed by atoms with Crippen molar-refractivity contribution in [3.63, 3.8) is 0 Å². The van der Waals surface area contributed by atoms with E-state index in [-0.39, 0.29) is 0 Å². The molecule has 0 aromatic heterocycles. The van der Waals surface area contributed by atoms with Crippen molar-refractivity contribution in [2.24, 2.45) is 4.99 Å². The van der Waals surface area contributed by atoms with E-state index < -0.39 is 0 Å². The predicted molar refractivity (Wildman–Crippen MR) is 47.4 cm³/mol. The van der Waals surface area contributed by atoms with Crippen molar-refractivity contribution in [2.45, 2.75) is 12.8 Å². The van der Waals surface area contributed by atoms with Crippen LogP contribution in [0, 0.1) is 0 Å². The van der Waals surface area contributed by atoms with Crippen LogP contribution in [0.2, 0.25) is 0 Å². The molecule has 1 heterocycles. The first-order valence-corrected chi connectivity index (χ1v) is 4.13. The van der Waals surface area contributed by atoms with Crippen LogP contribution in [0.3, 0.4) is 0 Å². The average molecular weight is 203 g/mol. The van der Waals surface area contributed by atoms with Crippen LogP contribution in [0.15, 0.2) is 17.6 Å². The van der Waals surface area contributed by atoms with Crippen LogP contribution in [0.1, 0.15) is 12.8 Å². The van der Waals surface area contributed by atoms with E-state index in [1.807, 2.05) is 10.0 Å². The Morgan fingerprint density at radius 3 is 3.10 bits per heavy atom. The van der Waals surface area contributed by atoms with Gasteiger partial charge in [0.2, 0.25) is 0 Å². The summed E-state index contributed by atoms with van der Waals surface area (Å²) in [6.07, 6.45) is 3.94. The Balaban J connectivity index is 2.32. The van der Waals surface area contributed by atoms with Crippen molar-refractivity contribution >= 4 is 22.0 Å².